The van der Waals surface area contributed by atoms with E-state index in [9.17, 15) is 9.18 Å². The molecule has 1 aliphatic rings. The van der Waals surface area contributed by atoms with E-state index in [1.165, 1.54) is 16.5 Å². The lowest BCUT2D eigenvalue weighted by Crippen LogP contribution is -2.25. The number of nitrogens with zero attached hydrogens (tertiary/aromatic N) is 3. The van der Waals surface area contributed by atoms with Crippen LogP contribution in [-0.2, 0) is 4.79 Å². The van der Waals surface area contributed by atoms with Crippen molar-refractivity contribution in [3.8, 4) is 11.5 Å². The van der Waals surface area contributed by atoms with Crippen LogP contribution in [0.2, 0.25) is 0 Å². The summed E-state index contributed by atoms with van der Waals surface area (Å²) in [6.45, 7) is 6.22. The molecule has 0 bridgehead atoms. The smallest absolute Gasteiger partial charge is 0.257 e. The fraction of sp³-hybridized carbons (Fsp3) is 0.286. The van der Waals surface area contributed by atoms with Crippen molar-refractivity contribution in [3.05, 3.63) is 64.7 Å². The SMILES string of the molecule is Cc1ccc(N2CC(c3noc(-c4ccc(C)c(C)c4)n3)CC2=O)c(F)c1. The van der Waals surface area contributed by atoms with Gasteiger partial charge in [-0.2, -0.15) is 4.98 Å². The number of aromatic nitrogens is 2. The zero-order chi connectivity index (χ0) is 19.1. The van der Waals surface area contributed by atoms with E-state index in [0.29, 0.717) is 23.9 Å². The third kappa shape index (κ3) is 3.23. The number of hydrogen-bond acceptors (Lipinski definition) is 4. The Kier molecular flexibility index (Phi) is 4.26. The number of benzene rings is 2. The van der Waals surface area contributed by atoms with Crippen LogP contribution in [0.3, 0.4) is 0 Å². The normalized spacial score (nSPS) is 17.0. The van der Waals surface area contributed by atoms with Gasteiger partial charge in [-0.3, -0.25) is 4.79 Å². The Labute approximate surface area is 156 Å². The van der Waals surface area contributed by atoms with Gasteiger partial charge in [-0.1, -0.05) is 17.3 Å². The van der Waals surface area contributed by atoms with Crippen LogP contribution in [0.4, 0.5) is 10.1 Å². The molecule has 6 heteroatoms. The zero-order valence-electron chi connectivity index (χ0n) is 15.5. The highest BCUT2D eigenvalue weighted by atomic mass is 19.1. The summed E-state index contributed by atoms with van der Waals surface area (Å²) in [6, 6.07) is 10.8. The van der Waals surface area contributed by atoms with Crippen molar-refractivity contribution < 1.29 is 13.7 Å². The van der Waals surface area contributed by atoms with Gasteiger partial charge in [0.05, 0.1) is 5.69 Å². The van der Waals surface area contributed by atoms with Crippen LogP contribution in [0.1, 0.15) is 34.9 Å². The van der Waals surface area contributed by atoms with Gasteiger partial charge < -0.3 is 9.42 Å². The highest BCUT2D eigenvalue weighted by Gasteiger charge is 2.35. The molecule has 0 N–H and O–H groups in total. The summed E-state index contributed by atoms with van der Waals surface area (Å²) >= 11 is 0. The summed E-state index contributed by atoms with van der Waals surface area (Å²) < 4.78 is 19.7. The van der Waals surface area contributed by atoms with Gasteiger partial charge >= 0.3 is 0 Å². The molecule has 4 rings (SSSR count). The lowest BCUT2D eigenvalue weighted by Gasteiger charge is -2.17. The number of rotatable bonds is 3. The second-order valence-corrected chi connectivity index (χ2v) is 7.12. The predicted octanol–water partition coefficient (Wildman–Crippen LogP) is 4.32. The van der Waals surface area contributed by atoms with Crippen LogP contribution in [0.15, 0.2) is 40.9 Å². The molecule has 1 fully saturated rings. The van der Waals surface area contributed by atoms with Gasteiger partial charge in [-0.05, 0) is 61.7 Å². The molecule has 0 saturated carbocycles. The first-order valence-electron chi connectivity index (χ1n) is 8.90. The Morgan fingerprint density at radius 2 is 1.93 bits per heavy atom. The average Bonchev–Trinajstić information content (AvgIpc) is 3.25. The topological polar surface area (TPSA) is 59.2 Å². The molecule has 1 saturated heterocycles. The van der Waals surface area contributed by atoms with Crippen LogP contribution in [0.5, 0.6) is 0 Å². The van der Waals surface area contributed by atoms with Gasteiger partial charge in [-0.15, -0.1) is 0 Å². The number of halogens is 1. The second kappa shape index (κ2) is 6.61. The van der Waals surface area contributed by atoms with Crippen molar-refractivity contribution in [1.29, 1.82) is 0 Å². The van der Waals surface area contributed by atoms with Gasteiger partial charge in [-0.25, -0.2) is 4.39 Å². The minimum atomic E-state index is -0.395. The maximum atomic E-state index is 14.3. The molecule has 5 nitrogen and oxygen atoms in total. The Hall–Kier alpha value is -3.02. The number of carbonyl (C=O) groups excluding carboxylic acids is 1. The molecular formula is C21H20FN3O2. The molecule has 138 valence electrons. The van der Waals surface area contributed by atoms with E-state index in [-0.39, 0.29) is 18.2 Å². The largest absolute Gasteiger partial charge is 0.334 e. The van der Waals surface area contributed by atoms with Crippen molar-refractivity contribution in [2.24, 2.45) is 0 Å². The first-order valence-corrected chi connectivity index (χ1v) is 8.90. The Morgan fingerprint density at radius 1 is 1.11 bits per heavy atom. The maximum Gasteiger partial charge on any atom is 0.257 e. The van der Waals surface area contributed by atoms with E-state index >= 15 is 0 Å². The minimum absolute atomic E-state index is 0.139. The van der Waals surface area contributed by atoms with Crippen LogP contribution in [0, 0.1) is 26.6 Å². The molecule has 3 aromatic rings. The van der Waals surface area contributed by atoms with Crippen molar-refractivity contribution in [1.82, 2.24) is 10.1 Å². The summed E-state index contributed by atoms with van der Waals surface area (Å²) in [5.41, 5.74) is 4.30. The van der Waals surface area contributed by atoms with E-state index in [2.05, 4.69) is 10.1 Å². The molecule has 0 radical (unpaired) electrons. The summed E-state index contributed by atoms with van der Waals surface area (Å²) in [5, 5.41) is 4.07. The van der Waals surface area contributed by atoms with E-state index in [1.54, 1.807) is 12.1 Å². The van der Waals surface area contributed by atoms with Gasteiger partial charge in [0.1, 0.15) is 5.82 Å². The quantitative estimate of drug-likeness (QED) is 0.693. The Bertz CT molecular complexity index is 1030. The van der Waals surface area contributed by atoms with E-state index in [0.717, 1.165) is 16.7 Å². The Morgan fingerprint density at radius 3 is 2.67 bits per heavy atom. The molecule has 1 aromatic heterocycles. The molecule has 0 aliphatic carbocycles. The molecular weight excluding hydrogens is 345 g/mol. The van der Waals surface area contributed by atoms with Gasteiger partial charge in [0.2, 0.25) is 5.91 Å². The molecule has 2 heterocycles. The number of carbonyl (C=O) groups is 1. The van der Waals surface area contributed by atoms with E-state index < -0.39 is 5.82 Å². The maximum absolute atomic E-state index is 14.3. The molecule has 2 aromatic carbocycles. The molecule has 1 aliphatic heterocycles. The van der Waals surface area contributed by atoms with Crippen LogP contribution in [-0.4, -0.2) is 22.6 Å². The lowest BCUT2D eigenvalue weighted by molar-refractivity contribution is -0.117. The highest BCUT2D eigenvalue weighted by Crippen LogP contribution is 2.33. The fourth-order valence-corrected chi connectivity index (χ4v) is 3.34. The fourth-order valence-electron chi connectivity index (χ4n) is 3.34. The number of anilines is 1. The van der Waals surface area contributed by atoms with Gasteiger partial charge in [0.25, 0.3) is 5.89 Å². The van der Waals surface area contributed by atoms with Crippen LogP contribution < -0.4 is 4.90 Å². The summed E-state index contributed by atoms with van der Waals surface area (Å²) in [7, 11) is 0. The van der Waals surface area contributed by atoms with Crippen molar-refractivity contribution in [3.63, 3.8) is 0 Å². The van der Waals surface area contributed by atoms with E-state index in [1.807, 2.05) is 39.0 Å². The second-order valence-electron chi connectivity index (χ2n) is 7.12. The predicted molar refractivity (Wildman–Crippen MR) is 100 cm³/mol. The Balaban J connectivity index is 1.57. The average molecular weight is 365 g/mol. The summed E-state index contributed by atoms with van der Waals surface area (Å²) in [5.74, 6) is 0.155. The third-order valence-corrected chi connectivity index (χ3v) is 5.08. The number of amides is 1. The minimum Gasteiger partial charge on any atom is -0.334 e. The standard InChI is InChI=1S/C21H20FN3O2/c1-12-4-7-18(17(22)8-12)25-11-16(10-19(25)26)20-23-21(27-24-20)15-6-5-13(2)14(3)9-15/h4-9,16H,10-11H2,1-3H3. The number of aryl methyl sites for hydroxylation is 3. The van der Waals surface area contributed by atoms with E-state index in [4.69, 9.17) is 4.52 Å². The molecule has 0 spiro atoms. The summed E-state index contributed by atoms with van der Waals surface area (Å²) in [4.78, 5) is 18.4. The molecule has 27 heavy (non-hydrogen) atoms. The molecule has 1 amide bonds. The molecule has 1 atom stereocenters. The third-order valence-electron chi connectivity index (χ3n) is 5.08. The lowest BCUT2D eigenvalue weighted by atomic mass is 10.1. The van der Waals surface area contributed by atoms with Crippen LogP contribution in [0.25, 0.3) is 11.5 Å². The zero-order valence-corrected chi connectivity index (χ0v) is 15.5. The van der Waals surface area contributed by atoms with Crippen molar-refractivity contribution in [2.75, 3.05) is 11.4 Å². The van der Waals surface area contributed by atoms with Gasteiger partial charge in [0.15, 0.2) is 5.82 Å². The van der Waals surface area contributed by atoms with Crippen molar-refractivity contribution >= 4 is 11.6 Å². The van der Waals surface area contributed by atoms with Gasteiger partial charge in [0, 0.05) is 24.4 Å². The van der Waals surface area contributed by atoms with Crippen molar-refractivity contribution in [2.45, 2.75) is 33.1 Å². The molecule has 1 unspecified atom stereocenters. The van der Waals surface area contributed by atoms with Crippen LogP contribution >= 0.6 is 0 Å². The summed E-state index contributed by atoms with van der Waals surface area (Å²) in [6.07, 6.45) is 0.235. The highest BCUT2D eigenvalue weighted by molar-refractivity contribution is 5.96. The number of hydrogen-bond donors (Lipinski definition) is 0. The first kappa shape index (κ1) is 17.4. The first-order chi connectivity index (χ1) is 12.9. The monoisotopic (exact) mass is 365 g/mol.